The molecule has 1 aromatic heterocycles. The Hall–Kier alpha value is -2.97. The molecule has 0 atom stereocenters. The predicted octanol–water partition coefficient (Wildman–Crippen LogP) is 5.13. The van der Waals surface area contributed by atoms with Crippen molar-refractivity contribution in [3.05, 3.63) is 65.9 Å². The lowest BCUT2D eigenvalue weighted by molar-refractivity contribution is 0.0515. The number of hydrogen-bond donors (Lipinski definition) is 0. The molecule has 0 spiro atoms. The molecule has 0 N–H and O–H groups in total. The highest BCUT2D eigenvalue weighted by atomic mass is 32.2. The molecule has 136 valence electrons. The van der Waals surface area contributed by atoms with Crippen molar-refractivity contribution in [2.45, 2.75) is 11.9 Å². The van der Waals surface area contributed by atoms with Crippen molar-refractivity contribution in [1.29, 1.82) is 5.26 Å². The first kappa shape index (κ1) is 18.8. The monoisotopic (exact) mass is 376 g/mol. The normalized spacial score (nSPS) is 10.4. The molecular weight excluding hydrogens is 356 g/mol. The van der Waals surface area contributed by atoms with E-state index >= 15 is 0 Å². The first-order valence-electron chi connectivity index (χ1n) is 8.62. The van der Waals surface area contributed by atoms with Gasteiger partial charge in [0, 0.05) is 12.6 Å². The van der Waals surface area contributed by atoms with Crippen LogP contribution in [0.25, 0.3) is 22.3 Å². The highest BCUT2D eigenvalue weighted by Gasteiger charge is 2.27. The highest BCUT2D eigenvalue weighted by Crippen LogP contribution is 2.37. The predicted molar refractivity (Wildman–Crippen MR) is 109 cm³/mol. The van der Waals surface area contributed by atoms with Crippen LogP contribution in [-0.2, 0) is 11.8 Å². The summed E-state index contributed by atoms with van der Waals surface area (Å²) >= 11 is 1.44. The van der Waals surface area contributed by atoms with Crippen molar-refractivity contribution in [3.63, 3.8) is 0 Å². The van der Waals surface area contributed by atoms with Gasteiger partial charge in [0.2, 0.25) is 0 Å². The van der Waals surface area contributed by atoms with Gasteiger partial charge in [0.1, 0.15) is 11.8 Å². The Balaban J connectivity index is 2.15. The molecule has 27 heavy (non-hydrogen) atoms. The maximum Gasteiger partial charge on any atom is 0.355 e. The van der Waals surface area contributed by atoms with Crippen LogP contribution >= 0.6 is 11.8 Å². The molecule has 0 amide bonds. The fourth-order valence-corrected chi connectivity index (χ4v) is 3.90. The number of nitriles is 1. The third-order valence-corrected chi connectivity index (χ3v) is 5.26. The van der Waals surface area contributed by atoms with Gasteiger partial charge in [-0.1, -0.05) is 54.6 Å². The van der Waals surface area contributed by atoms with E-state index in [1.165, 1.54) is 11.8 Å². The maximum absolute atomic E-state index is 12.6. The first-order chi connectivity index (χ1) is 13.1. The summed E-state index contributed by atoms with van der Waals surface area (Å²) in [6.07, 6.45) is 1.90. The molecule has 0 saturated heterocycles. The number of rotatable bonds is 5. The minimum absolute atomic E-state index is 0.285. The van der Waals surface area contributed by atoms with Gasteiger partial charge in [-0.3, -0.25) is 0 Å². The molecule has 3 rings (SSSR count). The maximum atomic E-state index is 12.6. The second kappa shape index (κ2) is 8.15. The summed E-state index contributed by atoms with van der Waals surface area (Å²) < 4.78 is 6.99. The zero-order valence-corrected chi connectivity index (χ0v) is 16.3. The number of nitrogens with zero attached hydrogens (tertiary/aromatic N) is 2. The largest absolute Gasteiger partial charge is 0.461 e. The summed E-state index contributed by atoms with van der Waals surface area (Å²) in [4.78, 5) is 12.6. The van der Waals surface area contributed by atoms with Gasteiger partial charge in [-0.05, 0) is 29.9 Å². The molecule has 0 radical (unpaired) electrons. The van der Waals surface area contributed by atoms with Crippen LogP contribution in [0.1, 0.15) is 23.0 Å². The number of benzene rings is 2. The van der Waals surface area contributed by atoms with Gasteiger partial charge >= 0.3 is 5.97 Å². The first-order valence-corrected chi connectivity index (χ1v) is 9.84. The molecule has 0 fully saturated rings. The zero-order valence-electron chi connectivity index (χ0n) is 15.5. The topological polar surface area (TPSA) is 55.0 Å². The fourth-order valence-electron chi connectivity index (χ4n) is 3.18. The van der Waals surface area contributed by atoms with Crippen LogP contribution in [0.4, 0.5) is 0 Å². The van der Waals surface area contributed by atoms with Crippen molar-refractivity contribution >= 4 is 17.7 Å². The molecule has 0 bridgehead atoms. The van der Waals surface area contributed by atoms with E-state index in [0.29, 0.717) is 16.8 Å². The van der Waals surface area contributed by atoms with E-state index in [2.05, 4.69) is 6.07 Å². The van der Waals surface area contributed by atoms with Gasteiger partial charge in [0.15, 0.2) is 0 Å². The summed E-state index contributed by atoms with van der Waals surface area (Å²) in [6, 6.07) is 20.3. The summed E-state index contributed by atoms with van der Waals surface area (Å²) in [6.45, 7) is 2.06. The van der Waals surface area contributed by atoms with Gasteiger partial charge in [-0.15, -0.1) is 11.8 Å². The molecule has 0 unspecified atom stereocenters. The van der Waals surface area contributed by atoms with E-state index in [0.717, 1.165) is 21.7 Å². The Bertz CT molecular complexity index is 1000. The Morgan fingerprint density at radius 2 is 1.67 bits per heavy atom. The summed E-state index contributed by atoms with van der Waals surface area (Å²) in [5, 5.41) is 10.5. The molecule has 0 aliphatic rings. The number of ether oxygens (including phenoxy) is 1. The van der Waals surface area contributed by atoms with E-state index in [9.17, 15) is 10.1 Å². The van der Waals surface area contributed by atoms with E-state index in [1.807, 2.05) is 60.9 Å². The van der Waals surface area contributed by atoms with Crippen LogP contribution < -0.4 is 0 Å². The van der Waals surface area contributed by atoms with Gasteiger partial charge in [-0.25, -0.2) is 4.79 Å². The van der Waals surface area contributed by atoms with E-state index in [1.54, 1.807) is 18.5 Å². The SMILES string of the molecule is CCOC(=O)c1c(-c2ccc(-c3ccccc3)cc2)c(C#N)c(SC)n1C. The van der Waals surface area contributed by atoms with Gasteiger partial charge in [0.25, 0.3) is 0 Å². The number of thioether (sulfide) groups is 1. The summed E-state index contributed by atoms with van der Waals surface area (Å²) in [7, 11) is 1.79. The van der Waals surface area contributed by atoms with Crippen molar-refractivity contribution in [2.24, 2.45) is 7.05 Å². The minimum atomic E-state index is -0.418. The molecule has 1 heterocycles. The van der Waals surface area contributed by atoms with Crippen LogP contribution in [-0.4, -0.2) is 23.4 Å². The fraction of sp³-hybridized carbons (Fsp3) is 0.182. The third-order valence-electron chi connectivity index (χ3n) is 4.40. The molecule has 2 aromatic carbocycles. The lowest BCUT2D eigenvalue weighted by Crippen LogP contribution is -2.11. The van der Waals surface area contributed by atoms with Crippen LogP contribution in [0.3, 0.4) is 0 Å². The Labute approximate surface area is 163 Å². The molecule has 0 aliphatic carbocycles. The number of hydrogen-bond acceptors (Lipinski definition) is 4. The molecule has 3 aromatic rings. The second-order valence-corrected chi connectivity index (χ2v) is 6.74. The smallest absolute Gasteiger partial charge is 0.355 e. The molecule has 0 saturated carbocycles. The standard InChI is InChI=1S/C22H20N2O2S/c1-4-26-22(25)20-19(18(14-23)21(27-3)24(20)2)17-12-10-16(11-13-17)15-8-6-5-7-9-15/h5-13H,4H2,1-3H3. The summed E-state index contributed by atoms with van der Waals surface area (Å²) in [5.41, 5.74) is 4.56. The summed E-state index contributed by atoms with van der Waals surface area (Å²) in [5.74, 6) is -0.418. The zero-order chi connectivity index (χ0) is 19.4. The number of carbonyl (C=O) groups excluding carboxylic acids is 1. The quantitative estimate of drug-likeness (QED) is 0.458. The van der Waals surface area contributed by atoms with Crippen LogP contribution in [0.15, 0.2) is 59.6 Å². The lowest BCUT2D eigenvalue weighted by atomic mass is 9.98. The average Bonchev–Trinajstić information content (AvgIpc) is 3.00. The Morgan fingerprint density at radius 3 is 2.22 bits per heavy atom. The number of carbonyl (C=O) groups is 1. The molecule has 5 heteroatoms. The molecular formula is C22H20N2O2S. The Morgan fingerprint density at radius 1 is 1.07 bits per heavy atom. The van der Waals surface area contributed by atoms with Gasteiger partial charge in [-0.2, -0.15) is 5.26 Å². The third kappa shape index (κ3) is 3.49. The van der Waals surface area contributed by atoms with Crippen LogP contribution in [0.5, 0.6) is 0 Å². The molecule has 4 nitrogen and oxygen atoms in total. The minimum Gasteiger partial charge on any atom is -0.461 e. The Kier molecular flexibility index (Phi) is 5.68. The lowest BCUT2D eigenvalue weighted by Gasteiger charge is -2.09. The van der Waals surface area contributed by atoms with Gasteiger partial charge < -0.3 is 9.30 Å². The van der Waals surface area contributed by atoms with Gasteiger partial charge in [0.05, 0.1) is 17.2 Å². The number of aromatic nitrogens is 1. The highest BCUT2D eigenvalue weighted by molar-refractivity contribution is 7.98. The van der Waals surface area contributed by atoms with Crippen LogP contribution in [0, 0.1) is 11.3 Å². The van der Waals surface area contributed by atoms with E-state index in [-0.39, 0.29) is 6.61 Å². The van der Waals surface area contributed by atoms with E-state index in [4.69, 9.17) is 4.74 Å². The molecule has 0 aliphatic heterocycles. The van der Waals surface area contributed by atoms with Crippen molar-refractivity contribution in [2.75, 3.05) is 12.9 Å². The number of esters is 1. The van der Waals surface area contributed by atoms with E-state index < -0.39 is 5.97 Å². The van der Waals surface area contributed by atoms with Crippen molar-refractivity contribution in [3.8, 4) is 28.3 Å². The van der Waals surface area contributed by atoms with Crippen molar-refractivity contribution < 1.29 is 9.53 Å². The van der Waals surface area contributed by atoms with Crippen LogP contribution in [0.2, 0.25) is 0 Å². The second-order valence-electron chi connectivity index (χ2n) is 5.94. The van der Waals surface area contributed by atoms with Crippen molar-refractivity contribution in [1.82, 2.24) is 4.57 Å². The average molecular weight is 376 g/mol.